The number of carbonyl (C=O) groups is 1. The van der Waals surface area contributed by atoms with E-state index in [2.05, 4.69) is 51.7 Å². The minimum Gasteiger partial charge on any atom is -0.369 e. The summed E-state index contributed by atoms with van der Waals surface area (Å²) < 4.78 is 0. The zero-order chi connectivity index (χ0) is 18.1. The van der Waals surface area contributed by atoms with Gasteiger partial charge in [-0.25, -0.2) is 0 Å². The first-order valence-corrected chi connectivity index (χ1v) is 9.10. The van der Waals surface area contributed by atoms with E-state index < -0.39 is 0 Å². The molecular formula is C19H32IN5O. The highest BCUT2D eigenvalue weighted by Crippen LogP contribution is 2.15. The second-order valence-corrected chi connectivity index (χ2v) is 6.73. The molecule has 1 atom stereocenters. The van der Waals surface area contributed by atoms with E-state index in [9.17, 15) is 4.79 Å². The normalized spacial score (nSPS) is 18.1. The highest BCUT2D eigenvalue weighted by Gasteiger charge is 2.23. The SMILES string of the molecule is CN=C(NCCCN1CCCC(C(N)=O)C1)NCc1ccc(C)cc1.I. The molecule has 0 saturated carbocycles. The molecule has 146 valence electrons. The largest absolute Gasteiger partial charge is 0.369 e. The lowest BCUT2D eigenvalue weighted by atomic mass is 9.97. The van der Waals surface area contributed by atoms with Gasteiger partial charge in [-0.2, -0.15) is 0 Å². The Balaban J connectivity index is 0.00000338. The molecule has 1 aliphatic heterocycles. The van der Waals surface area contributed by atoms with Crippen LogP contribution in [0.15, 0.2) is 29.3 Å². The zero-order valence-electron chi connectivity index (χ0n) is 15.8. The van der Waals surface area contributed by atoms with Crippen LogP contribution in [0.1, 0.15) is 30.4 Å². The molecule has 0 spiro atoms. The quantitative estimate of drug-likeness (QED) is 0.245. The molecule has 4 N–H and O–H groups in total. The van der Waals surface area contributed by atoms with Crippen LogP contribution in [0.3, 0.4) is 0 Å². The summed E-state index contributed by atoms with van der Waals surface area (Å²) in [5.41, 5.74) is 7.93. The minimum absolute atomic E-state index is 0. The molecule has 1 saturated heterocycles. The zero-order valence-corrected chi connectivity index (χ0v) is 18.2. The third-order valence-corrected chi connectivity index (χ3v) is 4.66. The van der Waals surface area contributed by atoms with E-state index in [1.54, 1.807) is 7.05 Å². The van der Waals surface area contributed by atoms with Crippen molar-refractivity contribution in [3.8, 4) is 0 Å². The van der Waals surface area contributed by atoms with Gasteiger partial charge in [-0.05, 0) is 44.8 Å². The summed E-state index contributed by atoms with van der Waals surface area (Å²) in [6.07, 6.45) is 3.00. The van der Waals surface area contributed by atoms with Crippen LogP contribution in [-0.4, -0.2) is 50.0 Å². The van der Waals surface area contributed by atoms with Gasteiger partial charge < -0.3 is 21.3 Å². The Morgan fingerprint density at radius 1 is 1.31 bits per heavy atom. The Morgan fingerprint density at radius 2 is 2.04 bits per heavy atom. The monoisotopic (exact) mass is 473 g/mol. The fourth-order valence-corrected chi connectivity index (χ4v) is 3.11. The van der Waals surface area contributed by atoms with Crippen LogP contribution in [0.25, 0.3) is 0 Å². The number of nitrogens with one attached hydrogen (secondary N) is 2. The molecule has 0 aliphatic carbocycles. The van der Waals surface area contributed by atoms with Crippen LogP contribution in [-0.2, 0) is 11.3 Å². The lowest BCUT2D eigenvalue weighted by Gasteiger charge is -2.31. The van der Waals surface area contributed by atoms with Gasteiger partial charge in [0.25, 0.3) is 0 Å². The number of primary amides is 1. The van der Waals surface area contributed by atoms with E-state index in [1.165, 1.54) is 11.1 Å². The lowest BCUT2D eigenvalue weighted by Crippen LogP contribution is -2.42. The van der Waals surface area contributed by atoms with Crippen molar-refractivity contribution < 1.29 is 4.79 Å². The molecule has 6 nitrogen and oxygen atoms in total. The van der Waals surface area contributed by atoms with Gasteiger partial charge in [-0.1, -0.05) is 29.8 Å². The summed E-state index contributed by atoms with van der Waals surface area (Å²) in [7, 11) is 1.78. The maximum absolute atomic E-state index is 11.3. The highest BCUT2D eigenvalue weighted by molar-refractivity contribution is 14.0. The number of aliphatic imine (C=N–C) groups is 1. The summed E-state index contributed by atoms with van der Waals surface area (Å²) in [5.74, 6) is 0.670. The lowest BCUT2D eigenvalue weighted by molar-refractivity contribution is -0.123. The number of halogens is 1. The van der Waals surface area contributed by atoms with Crippen molar-refractivity contribution in [1.82, 2.24) is 15.5 Å². The van der Waals surface area contributed by atoms with Crippen molar-refractivity contribution in [2.45, 2.75) is 32.7 Å². The molecule has 2 rings (SSSR count). The standard InChI is InChI=1S/C19H31N5O.HI/c1-15-6-8-16(9-7-15)13-23-19(21-2)22-10-4-12-24-11-3-5-17(14-24)18(20)25;/h6-9,17H,3-5,10-14H2,1-2H3,(H2,20,25)(H2,21,22,23);1H. The highest BCUT2D eigenvalue weighted by atomic mass is 127. The number of likely N-dealkylation sites (tertiary alicyclic amines) is 1. The maximum atomic E-state index is 11.3. The van der Waals surface area contributed by atoms with Gasteiger partial charge in [0.05, 0.1) is 5.92 Å². The Bertz CT molecular complexity index is 576. The van der Waals surface area contributed by atoms with Crippen LogP contribution in [0.2, 0.25) is 0 Å². The molecule has 0 bridgehead atoms. The minimum atomic E-state index is -0.163. The number of nitrogens with zero attached hydrogens (tertiary/aromatic N) is 2. The van der Waals surface area contributed by atoms with Gasteiger partial charge in [-0.3, -0.25) is 9.79 Å². The third-order valence-electron chi connectivity index (χ3n) is 4.66. The van der Waals surface area contributed by atoms with E-state index in [0.29, 0.717) is 0 Å². The summed E-state index contributed by atoms with van der Waals surface area (Å²) in [6.45, 7) is 6.54. The number of carbonyl (C=O) groups excluding carboxylic acids is 1. The summed E-state index contributed by atoms with van der Waals surface area (Å²) >= 11 is 0. The van der Waals surface area contributed by atoms with Crippen molar-refractivity contribution in [3.05, 3.63) is 35.4 Å². The van der Waals surface area contributed by atoms with Crippen molar-refractivity contribution >= 4 is 35.8 Å². The Hall–Kier alpha value is -1.35. The molecule has 1 aromatic rings. The molecule has 0 radical (unpaired) electrons. The Kier molecular flexibility index (Phi) is 10.6. The molecule has 1 heterocycles. The first-order chi connectivity index (χ1) is 12.1. The molecule has 1 aromatic carbocycles. The third kappa shape index (κ3) is 7.90. The summed E-state index contributed by atoms with van der Waals surface area (Å²) in [6, 6.07) is 8.48. The first-order valence-electron chi connectivity index (χ1n) is 9.10. The van der Waals surface area contributed by atoms with Gasteiger partial charge >= 0.3 is 0 Å². The number of aryl methyl sites for hydroxylation is 1. The predicted molar refractivity (Wildman–Crippen MR) is 118 cm³/mol. The van der Waals surface area contributed by atoms with Crippen molar-refractivity contribution in [2.24, 2.45) is 16.6 Å². The second kappa shape index (κ2) is 12.1. The fraction of sp³-hybridized carbons (Fsp3) is 0.579. The van der Waals surface area contributed by atoms with Crippen LogP contribution < -0.4 is 16.4 Å². The van der Waals surface area contributed by atoms with Gasteiger partial charge in [0.15, 0.2) is 5.96 Å². The number of piperidine rings is 1. The van der Waals surface area contributed by atoms with Gasteiger partial charge in [0.2, 0.25) is 5.91 Å². The van der Waals surface area contributed by atoms with Gasteiger partial charge in [-0.15, -0.1) is 24.0 Å². The van der Waals surface area contributed by atoms with E-state index >= 15 is 0 Å². The number of hydrogen-bond donors (Lipinski definition) is 3. The van der Waals surface area contributed by atoms with Crippen molar-refractivity contribution in [3.63, 3.8) is 0 Å². The molecular weight excluding hydrogens is 441 g/mol. The average Bonchev–Trinajstić information content (AvgIpc) is 2.62. The number of nitrogens with two attached hydrogens (primary N) is 1. The summed E-state index contributed by atoms with van der Waals surface area (Å²) in [5, 5.41) is 6.67. The number of guanidine groups is 1. The molecule has 1 fully saturated rings. The maximum Gasteiger partial charge on any atom is 0.221 e. The number of hydrogen-bond acceptors (Lipinski definition) is 3. The van der Waals surface area contributed by atoms with Crippen molar-refractivity contribution in [2.75, 3.05) is 33.2 Å². The predicted octanol–water partition coefficient (Wildman–Crippen LogP) is 1.87. The van der Waals surface area contributed by atoms with Crippen LogP contribution in [0.5, 0.6) is 0 Å². The summed E-state index contributed by atoms with van der Waals surface area (Å²) in [4.78, 5) is 17.9. The molecule has 7 heteroatoms. The van der Waals surface area contributed by atoms with Crippen molar-refractivity contribution in [1.29, 1.82) is 0 Å². The van der Waals surface area contributed by atoms with Crippen LogP contribution >= 0.6 is 24.0 Å². The topological polar surface area (TPSA) is 82.8 Å². The van der Waals surface area contributed by atoms with E-state index in [-0.39, 0.29) is 35.8 Å². The molecule has 1 unspecified atom stereocenters. The smallest absolute Gasteiger partial charge is 0.221 e. The second-order valence-electron chi connectivity index (χ2n) is 6.73. The molecule has 1 aliphatic rings. The van der Waals surface area contributed by atoms with Crippen LogP contribution in [0.4, 0.5) is 0 Å². The average molecular weight is 473 g/mol. The van der Waals surface area contributed by atoms with Gasteiger partial charge in [0.1, 0.15) is 0 Å². The first kappa shape index (κ1) is 22.7. The number of benzene rings is 1. The Morgan fingerprint density at radius 3 is 2.69 bits per heavy atom. The fourth-order valence-electron chi connectivity index (χ4n) is 3.11. The van der Waals surface area contributed by atoms with Crippen LogP contribution in [0, 0.1) is 12.8 Å². The molecule has 1 amide bonds. The number of rotatable bonds is 7. The number of amides is 1. The Labute approximate surface area is 174 Å². The van der Waals surface area contributed by atoms with E-state index in [1.807, 2.05) is 0 Å². The van der Waals surface area contributed by atoms with E-state index in [4.69, 9.17) is 5.73 Å². The van der Waals surface area contributed by atoms with Gasteiger partial charge in [0, 0.05) is 26.7 Å². The van der Waals surface area contributed by atoms with E-state index in [0.717, 1.165) is 57.9 Å². The molecule has 0 aromatic heterocycles. The molecule has 26 heavy (non-hydrogen) atoms.